The first-order valence-corrected chi connectivity index (χ1v) is 13.2. The number of nitrogens with zero attached hydrogens (tertiary/aromatic N) is 1. The van der Waals surface area contributed by atoms with Crippen LogP contribution in [0.15, 0.2) is 36.1 Å². The first-order valence-electron chi connectivity index (χ1n) is 13.2. The highest BCUT2D eigenvalue weighted by Gasteiger charge is 2.55. The topological polar surface area (TPSA) is 174 Å². The Morgan fingerprint density at radius 3 is 2.64 bits per heavy atom. The second-order valence-corrected chi connectivity index (χ2v) is 10.6. The van der Waals surface area contributed by atoms with Crippen LogP contribution in [0.1, 0.15) is 23.7 Å². The number of benzene rings is 1. The Bertz CT molecular complexity index is 1250. The van der Waals surface area contributed by atoms with Crippen molar-refractivity contribution < 1.29 is 49.3 Å². The number of carbonyl (C=O) groups excluding carboxylic acids is 1. The van der Waals surface area contributed by atoms with Gasteiger partial charge in [0.25, 0.3) is 0 Å². The Hall–Kier alpha value is -2.55. The third-order valence-corrected chi connectivity index (χ3v) is 8.78. The third-order valence-electron chi connectivity index (χ3n) is 8.78. The Kier molecular flexibility index (Phi) is 7.14. The van der Waals surface area contributed by atoms with Gasteiger partial charge in [0.1, 0.15) is 24.4 Å². The summed E-state index contributed by atoms with van der Waals surface area (Å²) >= 11 is 0. The molecule has 0 amide bonds. The van der Waals surface area contributed by atoms with E-state index in [1.165, 1.54) is 18.9 Å². The van der Waals surface area contributed by atoms with E-state index in [0.717, 1.165) is 23.0 Å². The number of ether oxygens (including phenoxy) is 4. The van der Waals surface area contributed by atoms with E-state index in [0.29, 0.717) is 18.5 Å². The van der Waals surface area contributed by atoms with Crippen molar-refractivity contribution in [3.05, 3.63) is 47.4 Å². The Labute approximate surface area is 224 Å². The van der Waals surface area contributed by atoms with E-state index >= 15 is 0 Å². The average molecular weight is 547 g/mol. The van der Waals surface area contributed by atoms with Crippen molar-refractivity contribution in [1.82, 2.24) is 9.88 Å². The van der Waals surface area contributed by atoms with Crippen molar-refractivity contribution in [2.24, 2.45) is 11.8 Å². The van der Waals surface area contributed by atoms with Crippen LogP contribution in [-0.4, -0.2) is 111 Å². The fourth-order valence-corrected chi connectivity index (χ4v) is 6.88. The Morgan fingerprint density at radius 2 is 1.90 bits per heavy atom. The Morgan fingerprint density at radius 1 is 1.10 bits per heavy atom. The average Bonchev–Trinajstić information content (AvgIpc) is 3.35. The smallest absolute Gasteiger partial charge is 0.337 e. The number of hydrogen-bond acceptors (Lipinski definition) is 11. The van der Waals surface area contributed by atoms with Gasteiger partial charge < -0.3 is 49.5 Å². The highest BCUT2D eigenvalue weighted by Crippen LogP contribution is 2.51. The standard InChI is InChI=1S/C27H34N2O10/c1-36-25(35)15-11-37-26(39-27-24(34)23(33)22(32)19(10-31)38-27)20-14(15)8-17-21-13(6-7-29(17)18(20)9-30)12-4-2-3-5-16(12)28-21/h2-5,11,14,17-20,22-24,26-28,30-34H,6-10H2,1H3. The van der Waals surface area contributed by atoms with Crippen LogP contribution in [0.2, 0.25) is 0 Å². The number of hydrogen-bond donors (Lipinski definition) is 6. The summed E-state index contributed by atoms with van der Waals surface area (Å²) in [6.07, 6.45) is -5.86. The number of aromatic amines is 1. The van der Waals surface area contributed by atoms with Gasteiger partial charge >= 0.3 is 5.97 Å². The molecule has 10 unspecified atom stereocenters. The largest absolute Gasteiger partial charge is 0.471 e. The van der Waals surface area contributed by atoms with Crippen LogP contribution in [-0.2, 0) is 30.2 Å². The van der Waals surface area contributed by atoms with Gasteiger partial charge in [-0.1, -0.05) is 18.2 Å². The SMILES string of the molecule is COC(=O)C1=COC(OC2OC(CO)C(O)C(O)C2O)C2C1CC1c3[nH]c4ccccc4c3CCN1C2CO. The normalized spacial score (nSPS) is 38.3. The molecule has 5 heterocycles. The number of nitrogens with one attached hydrogen (secondary N) is 1. The second-order valence-electron chi connectivity index (χ2n) is 10.6. The number of esters is 1. The molecule has 0 spiro atoms. The summed E-state index contributed by atoms with van der Waals surface area (Å²) in [6.45, 7) is -0.187. The van der Waals surface area contributed by atoms with Crippen LogP contribution < -0.4 is 0 Å². The molecule has 0 radical (unpaired) electrons. The maximum atomic E-state index is 12.8. The van der Waals surface area contributed by atoms with E-state index in [1.807, 2.05) is 18.2 Å². The number of aliphatic hydroxyl groups is 5. The van der Waals surface area contributed by atoms with Gasteiger partial charge in [-0.2, -0.15) is 0 Å². The molecule has 1 aromatic carbocycles. The number of aromatic nitrogens is 1. The molecule has 6 rings (SSSR count). The number of H-pyrrole nitrogens is 1. The molecular formula is C27H34N2O10. The van der Waals surface area contributed by atoms with Crippen molar-refractivity contribution in [3.8, 4) is 0 Å². The molecular weight excluding hydrogens is 512 g/mol. The van der Waals surface area contributed by atoms with Crippen molar-refractivity contribution in [1.29, 1.82) is 0 Å². The van der Waals surface area contributed by atoms with Crippen LogP contribution in [0.4, 0.5) is 0 Å². The monoisotopic (exact) mass is 546 g/mol. The summed E-state index contributed by atoms with van der Waals surface area (Å²) in [5.74, 6) is -1.55. The molecule has 2 aromatic rings. The molecule has 39 heavy (non-hydrogen) atoms. The minimum Gasteiger partial charge on any atom is -0.471 e. The van der Waals surface area contributed by atoms with Gasteiger partial charge in [0.15, 0.2) is 6.29 Å². The molecule has 12 nitrogen and oxygen atoms in total. The number of carbonyl (C=O) groups is 1. The minimum atomic E-state index is -1.62. The maximum Gasteiger partial charge on any atom is 0.337 e. The Balaban J connectivity index is 1.35. The summed E-state index contributed by atoms with van der Waals surface area (Å²) in [5, 5.41) is 52.4. The second kappa shape index (κ2) is 10.5. The molecule has 0 bridgehead atoms. The molecule has 0 aliphatic carbocycles. The molecule has 12 heteroatoms. The molecule has 4 aliphatic rings. The van der Waals surface area contributed by atoms with Gasteiger partial charge in [0.05, 0.1) is 38.2 Å². The lowest BCUT2D eigenvalue weighted by Gasteiger charge is -2.54. The lowest BCUT2D eigenvalue weighted by atomic mass is 9.70. The van der Waals surface area contributed by atoms with E-state index < -0.39 is 67.4 Å². The van der Waals surface area contributed by atoms with E-state index in [1.54, 1.807) is 0 Å². The molecule has 212 valence electrons. The molecule has 2 saturated heterocycles. The molecule has 4 aliphatic heterocycles. The molecule has 1 aromatic heterocycles. The quantitative estimate of drug-likeness (QED) is 0.262. The van der Waals surface area contributed by atoms with Gasteiger partial charge in [0, 0.05) is 41.0 Å². The zero-order valence-electron chi connectivity index (χ0n) is 21.4. The van der Waals surface area contributed by atoms with Crippen LogP contribution >= 0.6 is 0 Å². The van der Waals surface area contributed by atoms with Gasteiger partial charge in [-0.05, 0) is 24.5 Å². The van der Waals surface area contributed by atoms with Crippen molar-refractivity contribution in [2.75, 3.05) is 26.9 Å². The predicted molar refractivity (Wildman–Crippen MR) is 134 cm³/mol. The highest BCUT2D eigenvalue weighted by atomic mass is 16.8. The van der Waals surface area contributed by atoms with Crippen LogP contribution in [0.5, 0.6) is 0 Å². The van der Waals surface area contributed by atoms with Gasteiger partial charge in [-0.15, -0.1) is 0 Å². The molecule has 0 saturated carbocycles. The predicted octanol–water partition coefficient (Wildman–Crippen LogP) is -0.706. The summed E-state index contributed by atoms with van der Waals surface area (Å²) in [6, 6.07) is 7.51. The van der Waals surface area contributed by atoms with Crippen LogP contribution in [0, 0.1) is 11.8 Å². The third kappa shape index (κ3) is 4.26. The fourth-order valence-electron chi connectivity index (χ4n) is 6.88. The zero-order chi connectivity index (χ0) is 27.4. The number of rotatable bonds is 5. The molecule has 10 atom stereocenters. The summed E-state index contributed by atoms with van der Waals surface area (Å²) in [4.78, 5) is 18.6. The van der Waals surface area contributed by atoms with Gasteiger partial charge in [-0.25, -0.2) is 4.79 Å². The van der Waals surface area contributed by atoms with E-state index in [-0.39, 0.29) is 12.6 Å². The van der Waals surface area contributed by atoms with Crippen molar-refractivity contribution >= 4 is 16.9 Å². The van der Waals surface area contributed by atoms with Crippen molar-refractivity contribution in [2.45, 2.75) is 61.9 Å². The highest BCUT2D eigenvalue weighted by molar-refractivity contribution is 5.89. The fraction of sp³-hybridized carbons (Fsp3) is 0.593. The number of para-hydroxylation sites is 1. The number of methoxy groups -OCH3 is 1. The van der Waals surface area contributed by atoms with Gasteiger partial charge in [-0.3, -0.25) is 4.90 Å². The number of fused-ring (bicyclic) bond motifs is 6. The lowest BCUT2D eigenvalue weighted by Crippen LogP contribution is -2.63. The minimum absolute atomic E-state index is 0.112. The van der Waals surface area contributed by atoms with Crippen LogP contribution in [0.3, 0.4) is 0 Å². The van der Waals surface area contributed by atoms with Crippen LogP contribution in [0.25, 0.3) is 10.9 Å². The van der Waals surface area contributed by atoms with E-state index in [2.05, 4.69) is 16.0 Å². The van der Waals surface area contributed by atoms with Gasteiger partial charge in [0.2, 0.25) is 6.29 Å². The van der Waals surface area contributed by atoms with E-state index in [4.69, 9.17) is 18.9 Å². The summed E-state index contributed by atoms with van der Waals surface area (Å²) < 4.78 is 22.5. The van der Waals surface area contributed by atoms with Crippen molar-refractivity contribution in [3.63, 3.8) is 0 Å². The number of aliphatic hydroxyl groups excluding tert-OH is 5. The summed E-state index contributed by atoms with van der Waals surface area (Å²) in [5.41, 5.74) is 3.64. The zero-order valence-corrected chi connectivity index (χ0v) is 21.4. The lowest BCUT2D eigenvalue weighted by molar-refractivity contribution is -0.346. The van der Waals surface area contributed by atoms with E-state index in [9.17, 15) is 30.3 Å². The molecule has 6 N–H and O–H groups in total. The molecule has 2 fully saturated rings. The first-order chi connectivity index (χ1) is 18.9. The number of piperidine rings is 1. The first kappa shape index (κ1) is 26.7. The maximum absolute atomic E-state index is 12.8. The summed E-state index contributed by atoms with van der Waals surface area (Å²) in [7, 11) is 1.30.